The molecule has 0 spiro atoms. The molecule has 8 heteroatoms. The van der Waals surface area contributed by atoms with E-state index < -0.39 is 24.5 Å². The third kappa shape index (κ3) is 14.5. The molecule has 0 saturated carbocycles. The molecule has 0 heterocycles. The van der Waals surface area contributed by atoms with Crippen molar-refractivity contribution in [1.82, 2.24) is 0 Å². The van der Waals surface area contributed by atoms with Crippen LogP contribution in [-0.4, -0.2) is 64.2 Å². The van der Waals surface area contributed by atoms with Crippen molar-refractivity contribution in [2.24, 2.45) is 0 Å². The number of carbonyl (C=O) groups excluding carboxylic acids is 2. The predicted octanol–water partition coefficient (Wildman–Crippen LogP) is 5.92. The van der Waals surface area contributed by atoms with Crippen molar-refractivity contribution in [3.8, 4) is 0 Å². The Kier molecular flexibility index (Phi) is 18.8. The zero-order valence-electron chi connectivity index (χ0n) is 22.6. The van der Waals surface area contributed by atoms with Gasteiger partial charge in [0.2, 0.25) is 0 Å². The zero-order chi connectivity index (χ0) is 26.4. The summed E-state index contributed by atoms with van der Waals surface area (Å²) >= 11 is 0. The van der Waals surface area contributed by atoms with Crippen molar-refractivity contribution >= 4 is 11.9 Å². The average molecular weight is 511 g/mol. The van der Waals surface area contributed by atoms with E-state index in [2.05, 4.69) is 27.7 Å². The Morgan fingerprint density at radius 2 is 0.944 bits per heavy atom. The van der Waals surface area contributed by atoms with Crippen molar-refractivity contribution in [2.45, 2.75) is 91.6 Å². The van der Waals surface area contributed by atoms with Crippen LogP contribution in [0.4, 0.5) is 0 Å². The first-order valence-corrected chi connectivity index (χ1v) is 13.5. The topological polar surface area (TPSA) is 89.5 Å². The first kappa shape index (κ1) is 32.0. The second-order valence-electron chi connectivity index (χ2n) is 8.53. The quantitative estimate of drug-likeness (QED) is 0.108. The van der Waals surface area contributed by atoms with Crippen LogP contribution < -0.4 is 0 Å². The second kappa shape index (κ2) is 21.1. The normalized spacial score (nSPS) is 11.3. The first-order chi connectivity index (χ1) is 17.5. The minimum atomic E-state index is -0.613. The molecule has 0 aliphatic carbocycles. The highest BCUT2D eigenvalue weighted by atomic mass is 16.7. The fourth-order valence-electron chi connectivity index (χ4n) is 2.95. The number of carbonyl (C=O) groups is 2. The van der Waals surface area contributed by atoms with E-state index >= 15 is 0 Å². The van der Waals surface area contributed by atoms with Gasteiger partial charge in [-0.15, -0.1) is 0 Å². The average Bonchev–Trinajstić information content (AvgIpc) is 2.89. The van der Waals surface area contributed by atoms with E-state index in [-0.39, 0.29) is 24.3 Å². The van der Waals surface area contributed by atoms with Gasteiger partial charge in [-0.3, -0.25) is 0 Å². The maximum Gasteiger partial charge on any atom is 0.338 e. The monoisotopic (exact) mass is 510 g/mol. The standard InChI is InChI=1S/C28H46O8/c1-5-9-16-31-25(32-17-10-6-2)21-35-27(29)23-14-13-15-24(20-23)28(30)36-22-26(33-18-11-7-3)34-19-12-8-4/h13-15,20,25-26H,5-12,16-19,21-22H2,1-4H3. The summed E-state index contributed by atoms with van der Waals surface area (Å²) in [6.45, 7) is 10.4. The minimum Gasteiger partial charge on any atom is -0.457 e. The maximum atomic E-state index is 12.6. The van der Waals surface area contributed by atoms with Gasteiger partial charge in [-0.1, -0.05) is 59.4 Å². The van der Waals surface area contributed by atoms with Crippen LogP contribution in [0.25, 0.3) is 0 Å². The van der Waals surface area contributed by atoms with Gasteiger partial charge in [-0.25, -0.2) is 9.59 Å². The first-order valence-electron chi connectivity index (χ1n) is 13.5. The van der Waals surface area contributed by atoms with E-state index in [0.29, 0.717) is 26.4 Å². The van der Waals surface area contributed by atoms with Gasteiger partial charge in [0, 0.05) is 26.4 Å². The predicted molar refractivity (Wildman–Crippen MR) is 138 cm³/mol. The molecular weight excluding hydrogens is 464 g/mol. The smallest absolute Gasteiger partial charge is 0.338 e. The Morgan fingerprint density at radius 3 is 1.25 bits per heavy atom. The van der Waals surface area contributed by atoms with Gasteiger partial charge in [-0.05, 0) is 43.9 Å². The third-order valence-electron chi connectivity index (χ3n) is 5.24. The van der Waals surface area contributed by atoms with Crippen LogP contribution in [0.1, 0.15) is 99.8 Å². The molecule has 0 aliphatic rings. The molecule has 0 radical (unpaired) electrons. The van der Waals surface area contributed by atoms with Gasteiger partial charge in [-0.2, -0.15) is 0 Å². The molecule has 0 unspecified atom stereocenters. The molecule has 8 nitrogen and oxygen atoms in total. The third-order valence-corrected chi connectivity index (χ3v) is 5.24. The van der Waals surface area contributed by atoms with E-state index in [1.165, 1.54) is 6.07 Å². The van der Waals surface area contributed by atoms with Crippen molar-refractivity contribution < 1.29 is 38.0 Å². The summed E-state index contributed by atoms with van der Waals surface area (Å²) in [6, 6.07) is 6.26. The summed E-state index contributed by atoms with van der Waals surface area (Å²) in [7, 11) is 0. The zero-order valence-corrected chi connectivity index (χ0v) is 22.6. The van der Waals surface area contributed by atoms with Gasteiger partial charge in [0.1, 0.15) is 13.2 Å². The van der Waals surface area contributed by atoms with E-state index in [9.17, 15) is 9.59 Å². The molecule has 0 amide bonds. The highest BCUT2D eigenvalue weighted by Crippen LogP contribution is 2.11. The molecule has 0 bridgehead atoms. The Hall–Kier alpha value is -2.00. The van der Waals surface area contributed by atoms with Gasteiger partial charge < -0.3 is 28.4 Å². The summed E-state index contributed by atoms with van der Waals surface area (Å²) in [5, 5.41) is 0. The van der Waals surface area contributed by atoms with Gasteiger partial charge >= 0.3 is 11.9 Å². The second-order valence-corrected chi connectivity index (χ2v) is 8.53. The van der Waals surface area contributed by atoms with Crippen molar-refractivity contribution in [2.75, 3.05) is 39.6 Å². The molecule has 0 fully saturated rings. The summed E-state index contributed by atoms with van der Waals surface area (Å²) in [5.74, 6) is -1.12. The number of rotatable bonds is 22. The van der Waals surface area contributed by atoms with Crippen LogP contribution in [0.2, 0.25) is 0 Å². The Morgan fingerprint density at radius 1 is 0.611 bits per heavy atom. The number of unbranched alkanes of at least 4 members (excludes halogenated alkanes) is 4. The van der Waals surface area contributed by atoms with Gasteiger partial charge in [0.15, 0.2) is 12.6 Å². The molecule has 1 aromatic rings. The SMILES string of the molecule is CCCCOC(COC(=O)c1cccc(C(=O)OCC(OCCCC)OCCCC)c1)OCCCC. The Labute approximate surface area is 216 Å². The maximum absolute atomic E-state index is 12.6. The lowest BCUT2D eigenvalue weighted by Gasteiger charge is -2.19. The van der Waals surface area contributed by atoms with Crippen LogP contribution >= 0.6 is 0 Å². The molecule has 0 atom stereocenters. The largest absolute Gasteiger partial charge is 0.457 e. The van der Waals surface area contributed by atoms with Crippen LogP contribution in [0.5, 0.6) is 0 Å². The molecule has 36 heavy (non-hydrogen) atoms. The van der Waals surface area contributed by atoms with E-state index in [0.717, 1.165) is 51.4 Å². The number of benzene rings is 1. The Bertz CT molecular complexity index is 633. The van der Waals surface area contributed by atoms with Gasteiger partial charge in [0.25, 0.3) is 0 Å². The van der Waals surface area contributed by atoms with Crippen LogP contribution in [0, 0.1) is 0 Å². The molecule has 1 aromatic carbocycles. The van der Waals surface area contributed by atoms with E-state index in [1.807, 2.05) is 0 Å². The lowest BCUT2D eigenvalue weighted by molar-refractivity contribution is -0.164. The number of ether oxygens (including phenoxy) is 6. The van der Waals surface area contributed by atoms with Crippen LogP contribution in [0.3, 0.4) is 0 Å². The molecule has 0 aromatic heterocycles. The summed E-state index contributed by atoms with van der Waals surface area (Å²) < 4.78 is 33.6. The highest BCUT2D eigenvalue weighted by Gasteiger charge is 2.18. The molecule has 0 N–H and O–H groups in total. The van der Waals surface area contributed by atoms with Crippen LogP contribution in [0.15, 0.2) is 24.3 Å². The molecule has 0 saturated heterocycles. The summed E-state index contributed by atoms with van der Waals surface area (Å²) in [6.07, 6.45) is 6.39. The lowest BCUT2D eigenvalue weighted by Crippen LogP contribution is -2.27. The van der Waals surface area contributed by atoms with Gasteiger partial charge in [0.05, 0.1) is 11.1 Å². The number of hydrogen-bond donors (Lipinski definition) is 0. The Balaban J connectivity index is 2.64. The molecular formula is C28H46O8. The number of hydrogen-bond acceptors (Lipinski definition) is 8. The van der Waals surface area contributed by atoms with Crippen molar-refractivity contribution in [1.29, 1.82) is 0 Å². The minimum absolute atomic E-state index is 0.0210. The molecule has 0 aliphatic heterocycles. The highest BCUT2D eigenvalue weighted by molar-refractivity contribution is 5.95. The lowest BCUT2D eigenvalue weighted by atomic mass is 10.1. The fraction of sp³-hybridized carbons (Fsp3) is 0.714. The number of esters is 2. The van der Waals surface area contributed by atoms with E-state index in [1.54, 1.807) is 18.2 Å². The fourth-order valence-corrected chi connectivity index (χ4v) is 2.95. The van der Waals surface area contributed by atoms with E-state index in [4.69, 9.17) is 28.4 Å². The van der Waals surface area contributed by atoms with Crippen molar-refractivity contribution in [3.63, 3.8) is 0 Å². The summed E-state index contributed by atoms with van der Waals surface area (Å²) in [5.41, 5.74) is 0.500. The summed E-state index contributed by atoms with van der Waals surface area (Å²) in [4.78, 5) is 25.2. The van der Waals surface area contributed by atoms with Crippen molar-refractivity contribution in [3.05, 3.63) is 35.4 Å². The van der Waals surface area contributed by atoms with Crippen LogP contribution in [-0.2, 0) is 28.4 Å². The molecule has 206 valence electrons. The molecule has 1 rings (SSSR count).